The molecule has 136 valence electrons. The molecule has 26 heavy (non-hydrogen) atoms. The first kappa shape index (κ1) is 17.3. The van der Waals surface area contributed by atoms with Gasteiger partial charge in [0.15, 0.2) is 0 Å². The molecule has 2 saturated heterocycles. The average molecular weight is 369 g/mol. The molecule has 1 aromatic carbocycles. The molecular formula is C21H24N2O2S. The lowest BCUT2D eigenvalue weighted by molar-refractivity contribution is -0.136. The molecule has 5 heteroatoms. The van der Waals surface area contributed by atoms with Gasteiger partial charge in [-0.2, -0.15) is 0 Å². The predicted octanol–water partition coefficient (Wildman–Crippen LogP) is 3.76. The summed E-state index contributed by atoms with van der Waals surface area (Å²) in [5.41, 5.74) is 1.37. The zero-order valence-corrected chi connectivity index (χ0v) is 15.7. The van der Waals surface area contributed by atoms with E-state index in [1.165, 1.54) is 16.9 Å². The monoisotopic (exact) mass is 368 g/mol. The Morgan fingerprint density at radius 1 is 0.923 bits per heavy atom. The van der Waals surface area contributed by atoms with E-state index in [2.05, 4.69) is 24.3 Å². The van der Waals surface area contributed by atoms with Crippen LogP contribution in [0.4, 0.5) is 0 Å². The Bertz CT molecular complexity index is 752. The molecule has 3 heterocycles. The molecule has 2 amide bonds. The van der Waals surface area contributed by atoms with Crippen LogP contribution >= 0.6 is 11.3 Å². The standard InChI is InChI=1S/C21H24N2O2S/c24-20(18-8-4-12-23(18)21(25)19-9-5-15-26-19)22-13-10-17(11-14-22)16-6-2-1-3-7-16/h1-3,5-7,9,15,17-18H,4,8,10-14H2/t18-/m0/s1. The number of hydrogen-bond acceptors (Lipinski definition) is 3. The summed E-state index contributed by atoms with van der Waals surface area (Å²) >= 11 is 1.45. The highest BCUT2D eigenvalue weighted by Gasteiger charge is 2.38. The first-order chi connectivity index (χ1) is 12.7. The molecule has 2 fully saturated rings. The van der Waals surface area contributed by atoms with E-state index in [9.17, 15) is 9.59 Å². The fourth-order valence-corrected chi connectivity index (χ4v) is 4.86. The van der Waals surface area contributed by atoms with Gasteiger partial charge in [0, 0.05) is 19.6 Å². The van der Waals surface area contributed by atoms with Crippen molar-refractivity contribution in [3.63, 3.8) is 0 Å². The van der Waals surface area contributed by atoms with E-state index >= 15 is 0 Å². The molecule has 4 nitrogen and oxygen atoms in total. The highest BCUT2D eigenvalue weighted by molar-refractivity contribution is 7.12. The Morgan fingerprint density at radius 3 is 2.38 bits per heavy atom. The Labute approximate surface area is 158 Å². The van der Waals surface area contributed by atoms with E-state index in [-0.39, 0.29) is 17.9 Å². The minimum Gasteiger partial charge on any atom is -0.341 e. The lowest BCUT2D eigenvalue weighted by atomic mass is 9.89. The van der Waals surface area contributed by atoms with Crippen molar-refractivity contribution in [3.05, 3.63) is 58.3 Å². The molecule has 4 rings (SSSR count). The third-order valence-corrected chi connectivity index (χ3v) is 6.47. The van der Waals surface area contributed by atoms with Gasteiger partial charge in [-0.25, -0.2) is 0 Å². The van der Waals surface area contributed by atoms with E-state index in [0.717, 1.165) is 43.6 Å². The summed E-state index contributed by atoms with van der Waals surface area (Å²) in [5, 5.41) is 1.91. The van der Waals surface area contributed by atoms with Crippen molar-refractivity contribution < 1.29 is 9.59 Å². The Kier molecular flexibility index (Phi) is 5.07. The number of carbonyl (C=O) groups excluding carboxylic acids is 2. The molecule has 2 aliphatic rings. The number of amides is 2. The number of likely N-dealkylation sites (tertiary alicyclic amines) is 2. The minimum atomic E-state index is -0.280. The zero-order chi connectivity index (χ0) is 17.9. The molecular weight excluding hydrogens is 344 g/mol. The first-order valence-corrected chi connectivity index (χ1v) is 10.3. The molecule has 2 aliphatic heterocycles. The number of piperidine rings is 1. The summed E-state index contributed by atoms with van der Waals surface area (Å²) < 4.78 is 0. The van der Waals surface area contributed by atoms with Gasteiger partial charge in [0.25, 0.3) is 5.91 Å². The normalized spacial score (nSPS) is 21.2. The molecule has 0 saturated carbocycles. The van der Waals surface area contributed by atoms with E-state index < -0.39 is 0 Å². The average Bonchev–Trinajstić information content (AvgIpc) is 3.40. The second-order valence-corrected chi connectivity index (χ2v) is 8.09. The van der Waals surface area contributed by atoms with Crippen molar-refractivity contribution in [1.82, 2.24) is 9.80 Å². The number of rotatable bonds is 3. The van der Waals surface area contributed by atoms with Crippen LogP contribution in [0.25, 0.3) is 0 Å². The second kappa shape index (κ2) is 7.62. The first-order valence-electron chi connectivity index (χ1n) is 9.42. The summed E-state index contributed by atoms with van der Waals surface area (Å²) in [6.45, 7) is 2.26. The van der Waals surface area contributed by atoms with E-state index in [1.54, 1.807) is 4.90 Å². The summed E-state index contributed by atoms with van der Waals surface area (Å²) in [7, 11) is 0. The van der Waals surface area contributed by atoms with E-state index in [1.807, 2.05) is 28.5 Å². The van der Waals surface area contributed by atoms with E-state index in [0.29, 0.717) is 12.5 Å². The number of carbonyl (C=O) groups is 2. The van der Waals surface area contributed by atoms with Crippen molar-refractivity contribution in [2.45, 2.75) is 37.6 Å². The van der Waals surface area contributed by atoms with Gasteiger partial charge in [-0.15, -0.1) is 11.3 Å². The summed E-state index contributed by atoms with van der Waals surface area (Å²) in [6.07, 6.45) is 3.70. The summed E-state index contributed by atoms with van der Waals surface area (Å²) in [6, 6.07) is 14.0. The van der Waals surface area contributed by atoms with Crippen LogP contribution in [0.2, 0.25) is 0 Å². The second-order valence-electron chi connectivity index (χ2n) is 7.14. The predicted molar refractivity (Wildman–Crippen MR) is 103 cm³/mol. The molecule has 0 N–H and O–H groups in total. The molecule has 0 aliphatic carbocycles. The van der Waals surface area contributed by atoms with Crippen molar-refractivity contribution in [2.75, 3.05) is 19.6 Å². The SMILES string of the molecule is O=C([C@@H]1CCCN1C(=O)c1cccs1)N1CCC(c2ccccc2)CC1. The molecule has 1 atom stereocenters. The van der Waals surface area contributed by atoms with Crippen LogP contribution in [-0.4, -0.2) is 47.3 Å². The van der Waals surface area contributed by atoms with Crippen LogP contribution in [0.5, 0.6) is 0 Å². The van der Waals surface area contributed by atoms with Crippen molar-refractivity contribution >= 4 is 23.2 Å². The van der Waals surface area contributed by atoms with Gasteiger partial charge in [-0.05, 0) is 48.6 Å². The van der Waals surface area contributed by atoms with Gasteiger partial charge in [-0.1, -0.05) is 36.4 Å². The number of hydrogen-bond donors (Lipinski definition) is 0. The maximum Gasteiger partial charge on any atom is 0.264 e. The van der Waals surface area contributed by atoms with E-state index in [4.69, 9.17) is 0 Å². The Hall–Kier alpha value is -2.14. The molecule has 0 radical (unpaired) electrons. The van der Waals surface area contributed by atoms with Gasteiger partial charge in [0.05, 0.1) is 4.88 Å². The van der Waals surface area contributed by atoms with Crippen LogP contribution in [-0.2, 0) is 4.79 Å². The number of nitrogens with zero attached hydrogens (tertiary/aromatic N) is 2. The lowest BCUT2D eigenvalue weighted by Crippen LogP contribution is -2.49. The molecule has 2 aromatic rings. The largest absolute Gasteiger partial charge is 0.341 e. The number of thiophene rings is 1. The van der Waals surface area contributed by atoms with Crippen LogP contribution in [0.3, 0.4) is 0 Å². The van der Waals surface area contributed by atoms with Gasteiger partial charge in [-0.3, -0.25) is 9.59 Å². The number of benzene rings is 1. The molecule has 0 spiro atoms. The maximum absolute atomic E-state index is 13.1. The highest BCUT2D eigenvalue weighted by Crippen LogP contribution is 2.30. The van der Waals surface area contributed by atoms with Crippen molar-refractivity contribution in [2.24, 2.45) is 0 Å². The van der Waals surface area contributed by atoms with Gasteiger partial charge in [0.1, 0.15) is 6.04 Å². The lowest BCUT2D eigenvalue weighted by Gasteiger charge is -2.35. The zero-order valence-electron chi connectivity index (χ0n) is 14.8. The topological polar surface area (TPSA) is 40.6 Å². The molecule has 1 aromatic heterocycles. The van der Waals surface area contributed by atoms with Crippen LogP contribution in [0.15, 0.2) is 47.8 Å². The highest BCUT2D eigenvalue weighted by atomic mass is 32.1. The van der Waals surface area contributed by atoms with Crippen LogP contribution in [0.1, 0.15) is 46.8 Å². The van der Waals surface area contributed by atoms with Gasteiger partial charge < -0.3 is 9.80 Å². The molecule has 0 unspecified atom stereocenters. The van der Waals surface area contributed by atoms with Crippen molar-refractivity contribution in [3.8, 4) is 0 Å². The Balaban J connectivity index is 1.39. The van der Waals surface area contributed by atoms with Crippen LogP contribution in [0, 0.1) is 0 Å². The van der Waals surface area contributed by atoms with Crippen LogP contribution < -0.4 is 0 Å². The van der Waals surface area contributed by atoms with Gasteiger partial charge >= 0.3 is 0 Å². The summed E-state index contributed by atoms with van der Waals surface area (Å²) in [5.74, 6) is 0.682. The third-order valence-electron chi connectivity index (χ3n) is 5.61. The fraction of sp³-hybridized carbons (Fsp3) is 0.429. The van der Waals surface area contributed by atoms with Crippen molar-refractivity contribution in [1.29, 1.82) is 0 Å². The maximum atomic E-state index is 13.1. The fourth-order valence-electron chi connectivity index (χ4n) is 4.18. The minimum absolute atomic E-state index is 0.00928. The third kappa shape index (κ3) is 3.40. The smallest absolute Gasteiger partial charge is 0.264 e. The quantitative estimate of drug-likeness (QED) is 0.828. The molecule has 0 bridgehead atoms. The Morgan fingerprint density at radius 2 is 1.69 bits per heavy atom. The summed E-state index contributed by atoms with van der Waals surface area (Å²) in [4.78, 5) is 30.3. The van der Waals surface area contributed by atoms with Gasteiger partial charge in [0.2, 0.25) is 5.91 Å².